The molecule has 15 heavy (non-hydrogen) atoms. The van der Waals surface area contributed by atoms with Crippen LogP contribution >= 0.6 is 11.6 Å². The molecule has 0 aliphatic rings. The Hall–Kier alpha value is -1.46. The molecule has 0 radical (unpaired) electrons. The Morgan fingerprint density at radius 2 is 1.93 bits per heavy atom. The van der Waals surface area contributed by atoms with Crippen molar-refractivity contribution in [2.45, 2.75) is 20.3 Å². The maximum Gasteiger partial charge on any atom is 0.315 e. The fourth-order valence-electron chi connectivity index (χ4n) is 1.32. The molecule has 1 aromatic carbocycles. The number of aliphatic carboxylic acids is 1. The molecule has 2 nitrogen and oxygen atoms in total. The second-order valence-corrected chi connectivity index (χ2v) is 3.72. The molecule has 0 atom stereocenters. The molecule has 0 spiro atoms. The number of carboxylic acids is 1. The van der Waals surface area contributed by atoms with E-state index in [2.05, 4.69) is 11.8 Å². The second kappa shape index (κ2) is 4.86. The molecular weight excluding hydrogens is 212 g/mol. The van der Waals surface area contributed by atoms with Gasteiger partial charge >= 0.3 is 5.97 Å². The van der Waals surface area contributed by atoms with Crippen molar-refractivity contribution in [1.82, 2.24) is 0 Å². The van der Waals surface area contributed by atoms with Crippen molar-refractivity contribution in [3.8, 4) is 11.8 Å². The zero-order valence-electron chi connectivity index (χ0n) is 8.60. The van der Waals surface area contributed by atoms with Crippen LogP contribution in [0.25, 0.3) is 0 Å². The Morgan fingerprint density at radius 1 is 1.40 bits per heavy atom. The van der Waals surface area contributed by atoms with Crippen molar-refractivity contribution >= 4 is 17.6 Å². The Morgan fingerprint density at radius 3 is 2.40 bits per heavy atom. The summed E-state index contributed by atoms with van der Waals surface area (Å²) in [4.78, 5) is 10.3. The van der Waals surface area contributed by atoms with Crippen LogP contribution in [0.1, 0.15) is 23.1 Å². The highest BCUT2D eigenvalue weighted by atomic mass is 35.5. The summed E-state index contributed by atoms with van der Waals surface area (Å²) in [6.45, 7) is 3.81. The first-order valence-electron chi connectivity index (χ1n) is 4.48. The van der Waals surface area contributed by atoms with Crippen molar-refractivity contribution in [2.75, 3.05) is 0 Å². The first-order chi connectivity index (χ1) is 7.00. The average Bonchev–Trinajstić information content (AvgIpc) is 2.08. The lowest BCUT2D eigenvalue weighted by Gasteiger charge is -2.03. The third-order valence-corrected chi connectivity index (χ3v) is 2.17. The van der Waals surface area contributed by atoms with E-state index in [0.29, 0.717) is 5.02 Å². The Bertz CT molecular complexity index is 429. The lowest BCUT2D eigenvalue weighted by molar-refractivity contribution is -0.135. The molecule has 0 amide bonds. The average molecular weight is 223 g/mol. The van der Waals surface area contributed by atoms with E-state index in [1.54, 1.807) is 0 Å². The zero-order chi connectivity index (χ0) is 11.4. The van der Waals surface area contributed by atoms with E-state index in [1.807, 2.05) is 26.0 Å². The van der Waals surface area contributed by atoms with Gasteiger partial charge < -0.3 is 5.11 Å². The third-order valence-electron chi connectivity index (χ3n) is 1.95. The van der Waals surface area contributed by atoms with Crippen molar-refractivity contribution < 1.29 is 9.90 Å². The van der Waals surface area contributed by atoms with Gasteiger partial charge in [-0.3, -0.25) is 4.79 Å². The van der Waals surface area contributed by atoms with Gasteiger partial charge in [-0.2, -0.15) is 0 Å². The number of hydrogen-bond donors (Lipinski definition) is 1. The summed E-state index contributed by atoms with van der Waals surface area (Å²) in [5, 5.41) is 9.13. The van der Waals surface area contributed by atoms with E-state index in [9.17, 15) is 4.79 Å². The van der Waals surface area contributed by atoms with E-state index < -0.39 is 5.97 Å². The van der Waals surface area contributed by atoms with Gasteiger partial charge in [-0.1, -0.05) is 23.4 Å². The first kappa shape index (κ1) is 11.6. The van der Waals surface area contributed by atoms with Gasteiger partial charge in [-0.15, -0.1) is 0 Å². The minimum absolute atomic E-state index is 0.137. The van der Waals surface area contributed by atoms with Gasteiger partial charge in [0, 0.05) is 10.6 Å². The normalized spacial score (nSPS) is 9.27. The standard InChI is InChI=1S/C12H11ClO2/c1-8-6-10(13)7-9(2)11(8)4-3-5-12(14)15/h6-7H,5H2,1-2H3,(H,14,15). The molecule has 0 aliphatic heterocycles. The Kier molecular flexibility index (Phi) is 3.76. The molecule has 0 saturated carbocycles. The molecule has 0 heterocycles. The van der Waals surface area contributed by atoms with E-state index in [4.69, 9.17) is 16.7 Å². The number of hydrogen-bond acceptors (Lipinski definition) is 1. The molecule has 3 heteroatoms. The Labute approximate surface area is 93.9 Å². The van der Waals surface area contributed by atoms with Gasteiger partial charge in [0.05, 0.1) is 0 Å². The molecule has 1 aromatic rings. The summed E-state index contributed by atoms with van der Waals surface area (Å²) in [6, 6.07) is 3.64. The number of halogens is 1. The van der Waals surface area contributed by atoms with Crippen LogP contribution in [0.15, 0.2) is 12.1 Å². The fourth-order valence-corrected chi connectivity index (χ4v) is 1.64. The van der Waals surface area contributed by atoms with Gasteiger partial charge in [0.1, 0.15) is 6.42 Å². The number of carboxylic acid groups (broad SMARTS) is 1. The summed E-state index contributed by atoms with van der Waals surface area (Å²) >= 11 is 5.86. The molecule has 0 saturated heterocycles. The summed E-state index contributed by atoms with van der Waals surface area (Å²) in [6.07, 6.45) is -0.137. The second-order valence-electron chi connectivity index (χ2n) is 3.29. The highest BCUT2D eigenvalue weighted by molar-refractivity contribution is 6.30. The van der Waals surface area contributed by atoms with Crippen LogP contribution in [0.2, 0.25) is 5.02 Å². The van der Waals surface area contributed by atoms with Crippen LogP contribution in [0.5, 0.6) is 0 Å². The maximum absolute atomic E-state index is 10.3. The number of rotatable bonds is 1. The molecule has 0 fully saturated rings. The number of carbonyl (C=O) groups is 1. The summed E-state index contributed by atoms with van der Waals surface area (Å²) in [5.41, 5.74) is 2.80. The van der Waals surface area contributed by atoms with Gasteiger partial charge in [0.25, 0.3) is 0 Å². The van der Waals surface area contributed by atoms with Gasteiger partial charge in [0.15, 0.2) is 0 Å². The van der Waals surface area contributed by atoms with Crippen LogP contribution in [0, 0.1) is 25.7 Å². The smallest absolute Gasteiger partial charge is 0.315 e. The highest BCUT2D eigenvalue weighted by Gasteiger charge is 2.01. The Balaban J connectivity index is 3.03. The van der Waals surface area contributed by atoms with Crippen molar-refractivity contribution in [1.29, 1.82) is 0 Å². The minimum Gasteiger partial charge on any atom is -0.481 e. The van der Waals surface area contributed by atoms with Gasteiger partial charge in [-0.25, -0.2) is 0 Å². The summed E-state index contributed by atoms with van der Waals surface area (Å²) in [5.74, 6) is 4.55. The van der Waals surface area contributed by atoms with Gasteiger partial charge in [-0.05, 0) is 37.1 Å². The summed E-state index contributed by atoms with van der Waals surface area (Å²) < 4.78 is 0. The molecule has 1 rings (SSSR count). The lowest BCUT2D eigenvalue weighted by atomic mass is 10.0. The van der Waals surface area contributed by atoms with E-state index in [-0.39, 0.29) is 6.42 Å². The van der Waals surface area contributed by atoms with Crippen molar-refractivity contribution in [2.24, 2.45) is 0 Å². The van der Waals surface area contributed by atoms with E-state index >= 15 is 0 Å². The molecule has 0 aliphatic carbocycles. The van der Waals surface area contributed by atoms with Crippen LogP contribution in [0.4, 0.5) is 0 Å². The molecule has 0 aromatic heterocycles. The summed E-state index contributed by atoms with van der Waals surface area (Å²) in [7, 11) is 0. The van der Waals surface area contributed by atoms with E-state index in [1.165, 1.54) is 0 Å². The van der Waals surface area contributed by atoms with Crippen LogP contribution in [0.3, 0.4) is 0 Å². The molecule has 0 unspecified atom stereocenters. The van der Waals surface area contributed by atoms with Crippen molar-refractivity contribution in [3.63, 3.8) is 0 Å². The van der Waals surface area contributed by atoms with E-state index in [0.717, 1.165) is 16.7 Å². The fraction of sp³-hybridized carbons (Fsp3) is 0.250. The lowest BCUT2D eigenvalue weighted by Crippen LogP contribution is -1.92. The first-order valence-corrected chi connectivity index (χ1v) is 4.86. The SMILES string of the molecule is Cc1cc(Cl)cc(C)c1C#CCC(=O)O. The quantitative estimate of drug-likeness (QED) is 0.742. The molecule has 0 bridgehead atoms. The van der Waals surface area contributed by atoms with Gasteiger partial charge in [0.2, 0.25) is 0 Å². The maximum atomic E-state index is 10.3. The van der Waals surface area contributed by atoms with Crippen LogP contribution in [-0.2, 0) is 4.79 Å². The van der Waals surface area contributed by atoms with Crippen molar-refractivity contribution in [3.05, 3.63) is 33.8 Å². The largest absolute Gasteiger partial charge is 0.481 e. The predicted octanol–water partition coefficient (Wildman–Crippen LogP) is 2.78. The number of aryl methyl sites for hydroxylation is 2. The highest BCUT2D eigenvalue weighted by Crippen LogP contribution is 2.18. The minimum atomic E-state index is -0.910. The monoisotopic (exact) mass is 222 g/mol. The number of benzene rings is 1. The molecular formula is C12H11ClO2. The molecule has 1 N–H and O–H groups in total. The van der Waals surface area contributed by atoms with Crippen LogP contribution in [-0.4, -0.2) is 11.1 Å². The molecule has 78 valence electrons. The predicted molar refractivity (Wildman–Crippen MR) is 60.1 cm³/mol. The third kappa shape index (κ3) is 3.30. The topological polar surface area (TPSA) is 37.3 Å². The van der Waals surface area contributed by atoms with Crippen LogP contribution < -0.4 is 0 Å². The zero-order valence-corrected chi connectivity index (χ0v) is 9.35.